The van der Waals surface area contributed by atoms with Crippen molar-refractivity contribution in [2.24, 2.45) is 4.40 Å². The third kappa shape index (κ3) is 4.05. The fourth-order valence-corrected chi connectivity index (χ4v) is 1.98. The molecule has 0 saturated heterocycles. The summed E-state index contributed by atoms with van der Waals surface area (Å²) in [5.41, 5.74) is 0.733. The predicted molar refractivity (Wildman–Crippen MR) is 81.6 cm³/mol. The molecule has 0 fully saturated rings. The van der Waals surface area contributed by atoms with Gasteiger partial charge in [-0.05, 0) is 32.9 Å². The largest absolute Gasteiger partial charge is 0.591 e. The van der Waals surface area contributed by atoms with E-state index in [-0.39, 0.29) is 0 Å². The summed E-state index contributed by atoms with van der Waals surface area (Å²) in [6.07, 6.45) is 1.55. The second-order valence-electron chi connectivity index (χ2n) is 5.05. The maximum atomic E-state index is 11.9. The van der Waals surface area contributed by atoms with E-state index in [1.165, 1.54) is 0 Å². The highest BCUT2D eigenvalue weighted by atomic mass is 32.2. The van der Waals surface area contributed by atoms with E-state index in [0.717, 1.165) is 5.56 Å². The number of benzene rings is 1. The maximum absolute atomic E-state index is 11.9. The Hall–Kier alpha value is -1.40. The standard InChI is InChI=1S/C14H21NO4S/c1-14(2,3)20(16)15-9-10-7-11(17-4)13(19-6)12(8-10)18-5/h7-9H,1-6H3/b15-9+/t20-/m0/s1. The van der Waals surface area contributed by atoms with Crippen LogP contribution in [0, 0.1) is 0 Å². The van der Waals surface area contributed by atoms with Crippen LogP contribution in [0.3, 0.4) is 0 Å². The molecule has 1 aromatic rings. The minimum Gasteiger partial charge on any atom is -0.591 e. The predicted octanol–water partition coefficient (Wildman–Crippen LogP) is 2.59. The summed E-state index contributed by atoms with van der Waals surface area (Å²) in [6.45, 7) is 5.61. The first-order valence-corrected chi connectivity index (χ1v) is 7.20. The van der Waals surface area contributed by atoms with Crippen molar-refractivity contribution in [3.05, 3.63) is 17.7 Å². The van der Waals surface area contributed by atoms with Gasteiger partial charge in [0.15, 0.2) is 11.5 Å². The van der Waals surface area contributed by atoms with Crippen molar-refractivity contribution in [2.45, 2.75) is 25.5 Å². The second kappa shape index (κ2) is 6.85. The van der Waals surface area contributed by atoms with Crippen LogP contribution in [0.1, 0.15) is 26.3 Å². The molecule has 0 amide bonds. The summed E-state index contributed by atoms with van der Waals surface area (Å²) in [4.78, 5) is 0. The van der Waals surface area contributed by atoms with Gasteiger partial charge in [0.2, 0.25) is 5.75 Å². The normalized spacial score (nSPS) is 13.3. The third-order valence-corrected chi connectivity index (χ3v) is 3.85. The zero-order valence-electron chi connectivity index (χ0n) is 12.7. The zero-order valence-corrected chi connectivity index (χ0v) is 13.5. The van der Waals surface area contributed by atoms with Gasteiger partial charge in [-0.25, -0.2) is 0 Å². The van der Waals surface area contributed by atoms with Crippen LogP contribution < -0.4 is 14.2 Å². The van der Waals surface area contributed by atoms with Gasteiger partial charge < -0.3 is 18.8 Å². The van der Waals surface area contributed by atoms with Gasteiger partial charge in [-0.3, -0.25) is 0 Å². The molecule has 0 aliphatic rings. The van der Waals surface area contributed by atoms with Crippen LogP contribution in [0.2, 0.25) is 0 Å². The lowest BCUT2D eigenvalue weighted by molar-refractivity contribution is 0.324. The second-order valence-corrected chi connectivity index (χ2v) is 6.99. The lowest BCUT2D eigenvalue weighted by Crippen LogP contribution is -2.25. The molecule has 0 bridgehead atoms. The number of methoxy groups -OCH3 is 3. The summed E-state index contributed by atoms with van der Waals surface area (Å²) in [5.74, 6) is 1.59. The molecule has 20 heavy (non-hydrogen) atoms. The number of hydrogen-bond acceptors (Lipinski definition) is 5. The smallest absolute Gasteiger partial charge is 0.203 e. The Kier molecular flexibility index (Phi) is 5.71. The average molecular weight is 299 g/mol. The Morgan fingerprint density at radius 3 is 1.90 bits per heavy atom. The molecule has 1 rings (SSSR count). The van der Waals surface area contributed by atoms with Crippen molar-refractivity contribution in [3.8, 4) is 17.2 Å². The SMILES string of the molecule is COc1cc(/C=N/[S@@+]([O-])C(C)(C)C)cc(OC)c1OC. The number of nitrogens with zero attached hydrogens (tertiary/aromatic N) is 1. The van der Waals surface area contributed by atoms with Crippen molar-refractivity contribution in [1.82, 2.24) is 0 Å². The van der Waals surface area contributed by atoms with E-state index in [9.17, 15) is 4.55 Å². The molecule has 0 radical (unpaired) electrons. The van der Waals surface area contributed by atoms with Gasteiger partial charge in [-0.2, -0.15) is 0 Å². The number of ether oxygens (including phenoxy) is 3. The van der Waals surface area contributed by atoms with Crippen LogP contribution in [0.25, 0.3) is 0 Å². The average Bonchev–Trinajstić information content (AvgIpc) is 2.42. The van der Waals surface area contributed by atoms with E-state index in [0.29, 0.717) is 17.2 Å². The molecule has 0 aromatic heterocycles. The molecule has 1 aromatic carbocycles. The highest BCUT2D eigenvalue weighted by Gasteiger charge is 2.25. The summed E-state index contributed by atoms with van der Waals surface area (Å²) in [6, 6.07) is 3.51. The summed E-state index contributed by atoms with van der Waals surface area (Å²) < 4.78 is 31.3. The van der Waals surface area contributed by atoms with E-state index in [1.54, 1.807) is 39.7 Å². The van der Waals surface area contributed by atoms with E-state index in [4.69, 9.17) is 14.2 Å². The first-order valence-electron chi connectivity index (χ1n) is 6.09. The van der Waals surface area contributed by atoms with Gasteiger partial charge in [0, 0.05) is 5.56 Å². The van der Waals surface area contributed by atoms with Gasteiger partial charge >= 0.3 is 0 Å². The van der Waals surface area contributed by atoms with Crippen molar-refractivity contribution in [3.63, 3.8) is 0 Å². The molecule has 6 heteroatoms. The van der Waals surface area contributed by atoms with Crippen LogP contribution in [-0.2, 0) is 11.4 Å². The molecule has 1 atom stereocenters. The fraction of sp³-hybridized carbons (Fsp3) is 0.500. The molecular weight excluding hydrogens is 278 g/mol. The molecule has 0 unspecified atom stereocenters. The number of hydrogen-bond donors (Lipinski definition) is 0. The Bertz CT molecular complexity index is 458. The summed E-state index contributed by atoms with van der Waals surface area (Å²) in [7, 11) is 4.64. The lowest BCUT2D eigenvalue weighted by Gasteiger charge is -2.18. The topological polar surface area (TPSA) is 63.1 Å². The minimum atomic E-state index is -1.31. The van der Waals surface area contributed by atoms with Crippen LogP contribution in [-0.4, -0.2) is 36.8 Å². The monoisotopic (exact) mass is 299 g/mol. The molecule has 0 N–H and O–H groups in total. The molecule has 0 saturated carbocycles. The highest BCUT2D eigenvalue weighted by Crippen LogP contribution is 2.37. The van der Waals surface area contributed by atoms with E-state index < -0.39 is 16.1 Å². The van der Waals surface area contributed by atoms with Crippen molar-refractivity contribution in [2.75, 3.05) is 21.3 Å². The first-order chi connectivity index (χ1) is 9.33. The Labute approximate surface area is 123 Å². The third-order valence-electron chi connectivity index (χ3n) is 2.51. The fourth-order valence-electron chi connectivity index (χ4n) is 1.44. The van der Waals surface area contributed by atoms with Gasteiger partial charge in [0.05, 0.1) is 27.5 Å². The van der Waals surface area contributed by atoms with Gasteiger partial charge in [-0.15, -0.1) is 0 Å². The zero-order chi connectivity index (χ0) is 15.3. The lowest BCUT2D eigenvalue weighted by atomic mass is 10.2. The van der Waals surface area contributed by atoms with Crippen LogP contribution in [0.4, 0.5) is 0 Å². The van der Waals surface area contributed by atoms with Gasteiger partial charge in [-0.1, -0.05) is 4.40 Å². The molecule has 112 valence electrons. The molecule has 0 spiro atoms. The van der Waals surface area contributed by atoms with Gasteiger partial charge in [0.25, 0.3) is 0 Å². The van der Waals surface area contributed by atoms with Crippen molar-refractivity contribution in [1.29, 1.82) is 0 Å². The number of rotatable bonds is 5. The van der Waals surface area contributed by atoms with Gasteiger partial charge in [0.1, 0.15) is 16.1 Å². The molecule has 0 heterocycles. The Morgan fingerprint density at radius 2 is 1.55 bits per heavy atom. The summed E-state index contributed by atoms with van der Waals surface area (Å²) >= 11 is -1.31. The van der Waals surface area contributed by atoms with Crippen molar-refractivity contribution < 1.29 is 18.8 Å². The minimum absolute atomic E-state index is 0.392. The Balaban J connectivity index is 3.11. The maximum Gasteiger partial charge on any atom is 0.203 e. The van der Waals surface area contributed by atoms with E-state index in [1.807, 2.05) is 20.8 Å². The summed E-state index contributed by atoms with van der Waals surface area (Å²) in [5, 5.41) is 0. The highest BCUT2D eigenvalue weighted by molar-refractivity contribution is 7.91. The molecule has 0 aliphatic carbocycles. The molecule has 5 nitrogen and oxygen atoms in total. The molecule has 0 aliphatic heterocycles. The van der Waals surface area contributed by atoms with E-state index >= 15 is 0 Å². The van der Waals surface area contributed by atoms with Crippen LogP contribution in [0.5, 0.6) is 17.2 Å². The Morgan fingerprint density at radius 1 is 1.05 bits per heavy atom. The first kappa shape index (κ1) is 16.7. The van der Waals surface area contributed by atoms with Crippen LogP contribution in [0.15, 0.2) is 16.5 Å². The van der Waals surface area contributed by atoms with Crippen LogP contribution >= 0.6 is 0 Å². The van der Waals surface area contributed by atoms with E-state index in [2.05, 4.69) is 4.40 Å². The van der Waals surface area contributed by atoms with Crippen molar-refractivity contribution >= 4 is 17.6 Å². The quantitative estimate of drug-likeness (QED) is 0.619. The molecular formula is C14H21NO4S.